The minimum absolute atomic E-state index is 0.111. The van der Waals surface area contributed by atoms with Gasteiger partial charge in [-0.15, -0.1) is 0 Å². The molecule has 1 atom stereocenters. The molecule has 0 aliphatic carbocycles. The number of hydrogen-bond donors (Lipinski definition) is 2. The van der Waals surface area contributed by atoms with E-state index >= 15 is 0 Å². The summed E-state index contributed by atoms with van der Waals surface area (Å²) in [6, 6.07) is 0. The van der Waals surface area contributed by atoms with Gasteiger partial charge in [0.2, 0.25) is 0 Å². The predicted octanol–water partition coefficient (Wildman–Crippen LogP) is 0.214. The van der Waals surface area contributed by atoms with Gasteiger partial charge in [-0.1, -0.05) is 6.92 Å². The van der Waals surface area contributed by atoms with E-state index in [1.807, 2.05) is 6.92 Å². The zero-order chi connectivity index (χ0) is 8.97. The molecule has 0 radical (unpaired) electrons. The summed E-state index contributed by atoms with van der Waals surface area (Å²) in [4.78, 5) is 2.22. The molecule has 1 heterocycles. The number of aliphatic hydroxyl groups excluding tert-OH is 2. The number of likely N-dealkylation sites (tertiary alicyclic amines) is 1. The van der Waals surface area contributed by atoms with Crippen molar-refractivity contribution in [2.45, 2.75) is 38.4 Å². The van der Waals surface area contributed by atoms with Crippen LogP contribution in [0.2, 0.25) is 0 Å². The summed E-state index contributed by atoms with van der Waals surface area (Å²) >= 11 is 0. The van der Waals surface area contributed by atoms with Gasteiger partial charge in [-0.25, -0.2) is 0 Å². The molecular weight excluding hydrogens is 154 g/mol. The number of hydrogen-bond acceptors (Lipinski definition) is 3. The Morgan fingerprint density at radius 1 is 1.42 bits per heavy atom. The maximum atomic E-state index is 9.37. The molecule has 3 heteroatoms. The molecular formula is C9H19NO2. The molecule has 0 bridgehead atoms. The van der Waals surface area contributed by atoms with E-state index in [9.17, 15) is 10.2 Å². The van der Waals surface area contributed by atoms with Crippen molar-refractivity contribution < 1.29 is 10.2 Å². The molecule has 0 unspecified atom stereocenters. The molecule has 1 aliphatic rings. The summed E-state index contributed by atoms with van der Waals surface area (Å²) in [5.41, 5.74) is 0. The lowest BCUT2D eigenvalue weighted by Crippen LogP contribution is -2.40. The Balaban J connectivity index is 2.17. The van der Waals surface area contributed by atoms with Gasteiger partial charge >= 0.3 is 0 Å². The highest BCUT2D eigenvalue weighted by molar-refractivity contribution is 4.72. The largest absolute Gasteiger partial charge is 0.393 e. The van der Waals surface area contributed by atoms with Crippen LogP contribution in [0, 0.1) is 0 Å². The first-order valence-corrected chi connectivity index (χ1v) is 4.81. The first-order valence-electron chi connectivity index (χ1n) is 4.81. The molecule has 0 amide bonds. The average molecular weight is 173 g/mol. The summed E-state index contributed by atoms with van der Waals surface area (Å²) in [7, 11) is 0. The topological polar surface area (TPSA) is 43.7 Å². The Kier molecular flexibility index (Phi) is 3.98. The second-order valence-electron chi connectivity index (χ2n) is 3.59. The average Bonchev–Trinajstić information content (AvgIpc) is 2.09. The lowest BCUT2D eigenvalue weighted by Gasteiger charge is -2.30. The summed E-state index contributed by atoms with van der Waals surface area (Å²) in [5, 5.41) is 18.6. The maximum Gasteiger partial charge on any atom is 0.0664 e. The van der Waals surface area contributed by atoms with E-state index in [1.54, 1.807) is 0 Å². The van der Waals surface area contributed by atoms with Crippen LogP contribution in [0.4, 0.5) is 0 Å². The highest BCUT2D eigenvalue weighted by atomic mass is 16.3. The van der Waals surface area contributed by atoms with Gasteiger partial charge in [0.25, 0.3) is 0 Å². The third-order valence-electron chi connectivity index (χ3n) is 2.50. The van der Waals surface area contributed by atoms with Gasteiger partial charge in [-0.05, 0) is 19.3 Å². The fraction of sp³-hybridized carbons (Fsp3) is 1.00. The number of piperidine rings is 1. The van der Waals surface area contributed by atoms with Crippen molar-refractivity contribution in [1.29, 1.82) is 0 Å². The second-order valence-corrected chi connectivity index (χ2v) is 3.59. The third kappa shape index (κ3) is 3.09. The Bertz CT molecular complexity index is 122. The molecule has 12 heavy (non-hydrogen) atoms. The van der Waals surface area contributed by atoms with E-state index in [1.165, 1.54) is 0 Å². The Morgan fingerprint density at radius 3 is 2.50 bits per heavy atom. The lowest BCUT2D eigenvalue weighted by molar-refractivity contribution is 0.0500. The monoisotopic (exact) mass is 173 g/mol. The molecule has 72 valence electrons. The minimum Gasteiger partial charge on any atom is -0.393 e. The molecule has 1 rings (SSSR count). The first kappa shape index (κ1) is 9.96. The van der Waals surface area contributed by atoms with Gasteiger partial charge < -0.3 is 15.1 Å². The number of aliphatic hydroxyl groups is 2. The Hall–Kier alpha value is -0.120. The highest BCUT2D eigenvalue weighted by Gasteiger charge is 2.18. The van der Waals surface area contributed by atoms with E-state index < -0.39 is 0 Å². The zero-order valence-corrected chi connectivity index (χ0v) is 7.74. The van der Waals surface area contributed by atoms with Crippen molar-refractivity contribution in [3.8, 4) is 0 Å². The van der Waals surface area contributed by atoms with Crippen LogP contribution in [0.25, 0.3) is 0 Å². The molecule has 0 aromatic carbocycles. The number of β-amino-alcohol motifs (C(OH)–C–C–N with tert-alkyl or cyclic N) is 1. The highest BCUT2D eigenvalue weighted by Crippen LogP contribution is 2.10. The van der Waals surface area contributed by atoms with E-state index in [4.69, 9.17) is 0 Å². The summed E-state index contributed by atoms with van der Waals surface area (Å²) in [6.45, 7) is 4.61. The number of nitrogens with zero attached hydrogens (tertiary/aromatic N) is 1. The SMILES string of the molecule is CC[C@H](O)CN1CCC(O)CC1. The molecule has 1 saturated heterocycles. The third-order valence-corrected chi connectivity index (χ3v) is 2.50. The van der Waals surface area contributed by atoms with Crippen molar-refractivity contribution in [1.82, 2.24) is 4.90 Å². The van der Waals surface area contributed by atoms with E-state index in [2.05, 4.69) is 4.90 Å². The Morgan fingerprint density at radius 2 is 2.00 bits per heavy atom. The standard InChI is InChI=1S/C9H19NO2/c1-2-8(11)7-10-5-3-9(12)4-6-10/h8-9,11-12H,2-7H2,1H3/t8-/m0/s1. The first-order chi connectivity index (χ1) is 5.72. The van der Waals surface area contributed by atoms with Crippen LogP contribution in [0.15, 0.2) is 0 Å². The predicted molar refractivity (Wildman–Crippen MR) is 48.0 cm³/mol. The lowest BCUT2D eigenvalue weighted by atomic mass is 10.1. The van der Waals surface area contributed by atoms with Crippen LogP contribution in [-0.4, -0.2) is 47.0 Å². The molecule has 1 aliphatic heterocycles. The van der Waals surface area contributed by atoms with E-state index in [-0.39, 0.29) is 12.2 Å². The molecule has 2 N–H and O–H groups in total. The van der Waals surface area contributed by atoms with Gasteiger partial charge in [0, 0.05) is 19.6 Å². The van der Waals surface area contributed by atoms with Crippen molar-refractivity contribution >= 4 is 0 Å². The van der Waals surface area contributed by atoms with Crippen LogP contribution < -0.4 is 0 Å². The van der Waals surface area contributed by atoms with Gasteiger partial charge in [0.15, 0.2) is 0 Å². The van der Waals surface area contributed by atoms with E-state index in [0.717, 1.165) is 38.9 Å². The van der Waals surface area contributed by atoms with Crippen LogP contribution in [-0.2, 0) is 0 Å². The molecule has 0 saturated carbocycles. The summed E-state index contributed by atoms with van der Waals surface area (Å²) in [6.07, 6.45) is 2.23. The molecule has 1 fully saturated rings. The van der Waals surface area contributed by atoms with E-state index in [0.29, 0.717) is 0 Å². The van der Waals surface area contributed by atoms with Crippen molar-refractivity contribution in [2.24, 2.45) is 0 Å². The molecule has 0 aromatic heterocycles. The van der Waals surface area contributed by atoms with Gasteiger partial charge in [0.05, 0.1) is 12.2 Å². The van der Waals surface area contributed by atoms with Crippen molar-refractivity contribution in [3.63, 3.8) is 0 Å². The van der Waals surface area contributed by atoms with Crippen molar-refractivity contribution in [2.75, 3.05) is 19.6 Å². The summed E-state index contributed by atoms with van der Waals surface area (Å²) < 4.78 is 0. The van der Waals surface area contributed by atoms with Crippen LogP contribution >= 0.6 is 0 Å². The second kappa shape index (κ2) is 4.80. The van der Waals surface area contributed by atoms with Crippen LogP contribution in [0.1, 0.15) is 26.2 Å². The number of rotatable bonds is 3. The zero-order valence-electron chi connectivity index (χ0n) is 7.74. The smallest absolute Gasteiger partial charge is 0.0664 e. The molecule has 0 aromatic rings. The minimum atomic E-state index is -0.194. The normalized spacial score (nSPS) is 24.2. The van der Waals surface area contributed by atoms with Crippen LogP contribution in [0.3, 0.4) is 0 Å². The maximum absolute atomic E-state index is 9.37. The van der Waals surface area contributed by atoms with Gasteiger partial charge in [-0.2, -0.15) is 0 Å². The fourth-order valence-corrected chi connectivity index (χ4v) is 1.53. The molecule has 0 spiro atoms. The van der Waals surface area contributed by atoms with Gasteiger partial charge in [-0.3, -0.25) is 0 Å². The fourth-order valence-electron chi connectivity index (χ4n) is 1.53. The Labute approximate surface area is 74.0 Å². The quantitative estimate of drug-likeness (QED) is 0.641. The van der Waals surface area contributed by atoms with Crippen LogP contribution in [0.5, 0.6) is 0 Å². The van der Waals surface area contributed by atoms with Gasteiger partial charge in [0.1, 0.15) is 0 Å². The summed E-state index contributed by atoms with van der Waals surface area (Å²) in [5.74, 6) is 0. The van der Waals surface area contributed by atoms with Crippen molar-refractivity contribution in [3.05, 3.63) is 0 Å². The molecule has 3 nitrogen and oxygen atoms in total.